The Balaban J connectivity index is 1.87. The van der Waals surface area contributed by atoms with Crippen LogP contribution in [0.2, 0.25) is 0 Å². The van der Waals surface area contributed by atoms with Gasteiger partial charge in [-0.1, -0.05) is 0 Å². The van der Waals surface area contributed by atoms with Crippen LogP contribution in [0, 0.1) is 0 Å². The van der Waals surface area contributed by atoms with Gasteiger partial charge >= 0.3 is 0 Å². The fourth-order valence-electron chi connectivity index (χ4n) is 2.24. The highest BCUT2D eigenvalue weighted by molar-refractivity contribution is 6.04. The van der Waals surface area contributed by atoms with Gasteiger partial charge < -0.3 is 15.0 Å². The molecule has 0 bridgehead atoms. The van der Waals surface area contributed by atoms with E-state index >= 15 is 0 Å². The molecule has 0 radical (unpaired) electrons. The zero-order valence-corrected chi connectivity index (χ0v) is 12.9. The number of aromatic nitrogens is 2. The lowest BCUT2D eigenvalue weighted by Crippen LogP contribution is -2.22. The van der Waals surface area contributed by atoms with Crippen molar-refractivity contribution in [2.45, 2.75) is 0 Å². The minimum Gasteiger partial charge on any atom is -0.497 e. The second kappa shape index (κ2) is 6.78. The summed E-state index contributed by atoms with van der Waals surface area (Å²) in [4.78, 5) is 30.9. The molecule has 0 aliphatic heterocycles. The van der Waals surface area contributed by atoms with Crippen LogP contribution in [0.3, 0.4) is 0 Å². The quantitative estimate of drug-likeness (QED) is 0.774. The lowest BCUT2D eigenvalue weighted by Gasteiger charge is -2.07. The molecular formula is C18H15N3O3. The fraction of sp³-hybridized carbons (Fsp3) is 0.0556. The maximum atomic E-state index is 12.4. The van der Waals surface area contributed by atoms with Gasteiger partial charge in [0.05, 0.1) is 7.11 Å². The SMILES string of the molecule is COc1ccc(NC(=O)c2cc(-c3ccncc3)c[nH]c2=O)cc1. The first kappa shape index (κ1) is 15.5. The number of amides is 1. The van der Waals surface area contributed by atoms with Crippen molar-refractivity contribution in [3.05, 3.63) is 77.0 Å². The smallest absolute Gasteiger partial charge is 0.261 e. The number of rotatable bonds is 4. The minimum absolute atomic E-state index is 0.0418. The summed E-state index contributed by atoms with van der Waals surface area (Å²) >= 11 is 0. The van der Waals surface area contributed by atoms with Crippen LogP contribution in [0.1, 0.15) is 10.4 Å². The molecule has 0 aliphatic carbocycles. The summed E-state index contributed by atoms with van der Waals surface area (Å²) in [6.45, 7) is 0. The molecule has 24 heavy (non-hydrogen) atoms. The van der Waals surface area contributed by atoms with Crippen molar-refractivity contribution in [3.8, 4) is 16.9 Å². The number of aromatic amines is 1. The summed E-state index contributed by atoms with van der Waals surface area (Å²) in [6.07, 6.45) is 4.87. The average molecular weight is 321 g/mol. The summed E-state index contributed by atoms with van der Waals surface area (Å²) in [6, 6.07) is 12.0. The van der Waals surface area contributed by atoms with Crippen LogP contribution in [0.15, 0.2) is 65.8 Å². The van der Waals surface area contributed by atoms with E-state index < -0.39 is 11.5 Å². The Morgan fingerprint density at radius 1 is 1.08 bits per heavy atom. The minimum atomic E-state index is -0.475. The molecule has 3 rings (SSSR count). The number of ether oxygens (including phenoxy) is 1. The Hall–Kier alpha value is -3.41. The van der Waals surface area contributed by atoms with Gasteiger partial charge in [0.25, 0.3) is 11.5 Å². The van der Waals surface area contributed by atoms with Gasteiger partial charge in [0.2, 0.25) is 0 Å². The third-order valence-electron chi connectivity index (χ3n) is 3.51. The number of pyridine rings is 2. The van der Waals surface area contributed by atoms with E-state index in [-0.39, 0.29) is 5.56 Å². The van der Waals surface area contributed by atoms with Gasteiger partial charge in [0.1, 0.15) is 11.3 Å². The third-order valence-corrected chi connectivity index (χ3v) is 3.51. The number of nitrogens with zero attached hydrogens (tertiary/aromatic N) is 1. The highest BCUT2D eigenvalue weighted by atomic mass is 16.5. The van der Waals surface area contributed by atoms with E-state index in [1.807, 2.05) is 0 Å². The molecule has 120 valence electrons. The van der Waals surface area contributed by atoms with Gasteiger partial charge in [0.15, 0.2) is 0 Å². The maximum Gasteiger partial charge on any atom is 0.261 e. The summed E-state index contributed by atoms with van der Waals surface area (Å²) in [5.74, 6) is 0.211. The highest BCUT2D eigenvalue weighted by Gasteiger charge is 2.12. The third kappa shape index (κ3) is 3.33. The topological polar surface area (TPSA) is 84.1 Å². The van der Waals surface area contributed by atoms with Crippen molar-refractivity contribution in [1.29, 1.82) is 0 Å². The molecule has 0 fully saturated rings. The van der Waals surface area contributed by atoms with Crippen LogP contribution in [0.5, 0.6) is 5.75 Å². The zero-order valence-electron chi connectivity index (χ0n) is 12.9. The molecule has 0 aliphatic rings. The Bertz CT molecular complexity index is 903. The van der Waals surface area contributed by atoms with Gasteiger partial charge in [-0.05, 0) is 53.6 Å². The predicted molar refractivity (Wildman–Crippen MR) is 91.2 cm³/mol. The van der Waals surface area contributed by atoms with Gasteiger partial charge in [-0.3, -0.25) is 14.6 Å². The van der Waals surface area contributed by atoms with Crippen molar-refractivity contribution in [1.82, 2.24) is 9.97 Å². The molecule has 6 nitrogen and oxygen atoms in total. The van der Waals surface area contributed by atoms with E-state index in [2.05, 4.69) is 15.3 Å². The van der Waals surface area contributed by atoms with Crippen molar-refractivity contribution in [3.63, 3.8) is 0 Å². The number of benzene rings is 1. The largest absolute Gasteiger partial charge is 0.497 e. The predicted octanol–water partition coefficient (Wildman–Crippen LogP) is 2.70. The molecule has 2 heterocycles. The first-order valence-corrected chi connectivity index (χ1v) is 7.26. The van der Waals surface area contributed by atoms with E-state index in [1.54, 1.807) is 68.2 Å². The Morgan fingerprint density at radius 2 is 1.79 bits per heavy atom. The first-order valence-electron chi connectivity index (χ1n) is 7.26. The number of nitrogens with one attached hydrogen (secondary N) is 2. The van der Waals surface area contributed by atoms with Gasteiger partial charge in [0, 0.05) is 24.3 Å². The normalized spacial score (nSPS) is 10.2. The molecule has 2 N–H and O–H groups in total. The maximum absolute atomic E-state index is 12.4. The molecular weight excluding hydrogens is 306 g/mol. The molecule has 1 aromatic carbocycles. The van der Waals surface area contributed by atoms with E-state index in [0.29, 0.717) is 11.4 Å². The fourth-order valence-corrected chi connectivity index (χ4v) is 2.24. The number of H-pyrrole nitrogens is 1. The summed E-state index contributed by atoms with van der Waals surface area (Å²) in [5, 5.41) is 2.70. The number of anilines is 1. The molecule has 0 spiro atoms. The number of hydrogen-bond acceptors (Lipinski definition) is 4. The van der Waals surface area contributed by atoms with Crippen LogP contribution >= 0.6 is 0 Å². The molecule has 1 amide bonds. The summed E-state index contributed by atoms with van der Waals surface area (Å²) in [7, 11) is 1.57. The average Bonchev–Trinajstić information content (AvgIpc) is 2.63. The first-order chi connectivity index (χ1) is 11.7. The van der Waals surface area contributed by atoms with Crippen LogP contribution in [-0.2, 0) is 0 Å². The number of carbonyl (C=O) groups is 1. The van der Waals surface area contributed by atoms with E-state index in [0.717, 1.165) is 11.1 Å². The van der Waals surface area contributed by atoms with Gasteiger partial charge in [-0.15, -0.1) is 0 Å². The van der Waals surface area contributed by atoms with Crippen molar-refractivity contribution >= 4 is 11.6 Å². The number of carbonyl (C=O) groups excluding carboxylic acids is 1. The van der Waals surface area contributed by atoms with Crippen LogP contribution in [-0.4, -0.2) is 23.0 Å². The van der Waals surface area contributed by atoms with Crippen molar-refractivity contribution < 1.29 is 9.53 Å². The Kier molecular flexibility index (Phi) is 4.38. The summed E-state index contributed by atoms with van der Waals surface area (Å²) in [5.41, 5.74) is 1.77. The molecule has 0 saturated carbocycles. The van der Waals surface area contributed by atoms with Gasteiger partial charge in [-0.25, -0.2) is 0 Å². The standard InChI is InChI=1S/C18H15N3O3/c1-24-15-4-2-14(3-5-15)21-18(23)16-10-13(11-20-17(16)22)12-6-8-19-9-7-12/h2-11H,1H3,(H,20,22)(H,21,23). The Morgan fingerprint density at radius 3 is 2.46 bits per heavy atom. The molecule has 0 atom stereocenters. The van der Waals surface area contributed by atoms with E-state index in [1.165, 1.54) is 0 Å². The van der Waals surface area contributed by atoms with E-state index in [4.69, 9.17) is 4.74 Å². The highest BCUT2D eigenvalue weighted by Crippen LogP contribution is 2.18. The molecule has 0 saturated heterocycles. The second-order valence-corrected chi connectivity index (χ2v) is 5.05. The second-order valence-electron chi connectivity index (χ2n) is 5.05. The Labute approximate surface area is 138 Å². The monoisotopic (exact) mass is 321 g/mol. The van der Waals surface area contributed by atoms with Crippen LogP contribution < -0.4 is 15.6 Å². The molecule has 2 aromatic heterocycles. The van der Waals surface area contributed by atoms with Crippen LogP contribution in [0.4, 0.5) is 5.69 Å². The van der Waals surface area contributed by atoms with Gasteiger partial charge in [-0.2, -0.15) is 0 Å². The van der Waals surface area contributed by atoms with Crippen LogP contribution in [0.25, 0.3) is 11.1 Å². The summed E-state index contributed by atoms with van der Waals surface area (Å²) < 4.78 is 5.07. The number of hydrogen-bond donors (Lipinski definition) is 2. The zero-order chi connectivity index (χ0) is 16.9. The number of methoxy groups -OCH3 is 1. The van der Waals surface area contributed by atoms with Crippen molar-refractivity contribution in [2.24, 2.45) is 0 Å². The van der Waals surface area contributed by atoms with Crippen molar-refractivity contribution in [2.75, 3.05) is 12.4 Å². The lowest BCUT2D eigenvalue weighted by molar-refractivity contribution is 0.102. The molecule has 3 aromatic rings. The molecule has 0 unspecified atom stereocenters. The van der Waals surface area contributed by atoms with E-state index in [9.17, 15) is 9.59 Å². The molecule has 6 heteroatoms. The lowest BCUT2D eigenvalue weighted by atomic mass is 10.1.